The Morgan fingerprint density at radius 2 is 2.05 bits per heavy atom. The van der Waals surface area contributed by atoms with Crippen LogP contribution in [-0.4, -0.2) is 48.3 Å². The van der Waals surface area contributed by atoms with Crippen LogP contribution in [0.4, 0.5) is 4.79 Å². The fourth-order valence-corrected chi connectivity index (χ4v) is 2.96. The Labute approximate surface area is 119 Å². The molecular weight excluding hydrogens is 256 g/mol. The SMILES string of the molecule is COC[C@@H]1CC[C@@H]2CN1C(=O)N2OCc1ccccc1. The summed E-state index contributed by atoms with van der Waals surface area (Å²) in [4.78, 5) is 20.0. The maximum Gasteiger partial charge on any atom is 0.344 e. The Hall–Kier alpha value is -1.59. The van der Waals surface area contributed by atoms with Crippen LogP contribution in [0.15, 0.2) is 30.3 Å². The molecule has 0 aromatic heterocycles. The smallest absolute Gasteiger partial charge is 0.344 e. The lowest BCUT2D eigenvalue weighted by molar-refractivity contribution is -0.140. The van der Waals surface area contributed by atoms with Gasteiger partial charge in [0.25, 0.3) is 0 Å². The van der Waals surface area contributed by atoms with Crippen molar-refractivity contribution in [3.8, 4) is 0 Å². The second-order valence-electron chi connectivity index (χ2n) is 5.36. The molecule has 0 N–H and O–H groups in total. The van der Waals surface area contributed by atoms with Gasteiger partial charge in [0, 0.05) is 13.7 Å². The largest absolute Gasteiger partial charge is 0.383 e. The van der Waals surface area contributed by atoms with Crippen molar-refractivity contribution >= 4 is 6.03 Å². The molecule has 2 heterocycles. The average molecular weight is 276 g/mol. The Balaban J connectivity index is 1.62. The number of ether oxygens (including phenoxy) is 1. The van der Waals surface area contributed by atoms with Crippen LogP contribution >= 0.6 is 0 Å². The van der Waals surface area contributed by atoms with E-state index in [4.69, 9.17) is 9.57 Å². The van der Waals surface area contributed by atoms with Crippen LogP contribution in [-0.2, 0) is 16.2 Å². The van der Waals surface area contributed by atoms with Gasteiger partial charge in [-0.1, -0.05) is 30.3 Å². The van der Waals surface area contributed by atoms with E-state index in [0.29, 0.717) is 13.2 Å². The van der Waals surface area contributed by atoms with Gasteiger partial charge in [-0.15, -0.1) is 0 Å². The summed E-state index contributed by atoms with van der Waals surface area (Å²) in [6.07, 6.45) is 1.96. The van der Waals surface area contributed by atoms with Crippen molar-refractivity contribution in [2.45, 2.75) is 31.5 Å². The minimum atomic E-state index is -0.0227. The molecule has 20 heavy (non-hydrogen) atoms. The first-order valence-electron chi connectivity index (χ1n) is 7.05. The summed E-state index contributed by atoms with van der Waals surface area (Å²) in [7, 11) is 1.68. The van der Waals surface area contributed by atoms with Gasteiger partial charge in [0.1, 0.15) is 6.61 Å². The van der Waals surface area contributed by atoms with Gasteiger partial charge in [0.2, 0.25) is 0 Å². The third kappa shape index (κ3) is 2.51. The van der Waals surface area contributed by atoms with Gasteiger partial charge < -0.3 is 9.64 Å². The van der Waals surface area contributed by atoms with E-state index < -0.39 is 0 Å². The Morgan fingerprint density at radius 1 is 1.25 bits per heavy atom. The number of nitrogens with zero attached hydrogens (tertiary/aromatic N) is 2. The van der Waals surface area contributed by atoms with Gasteiger partial charge in [0.05, 0.1) is 18.7 Å². The number of hydrogen-bond donors (Lipinski definition) is 0. The Bertz CT molecular complexity index is 465. The van der Waals surface area contributed by atoms with Crippen molar-refractivity contribution in [1.82, 2.24) is 9.96 Å². The zero-order valence-corrected chi connectivity index (χ0v) is 11.7. The van der Waals surface area contributed by atoms with Crippen LogP contribution in [0.5, 0.6) is 0 Å². The maximum atomic E-state index is 12.4. The van der Waals surface area contributed by atoms with E-state index in [-0.39, 0.29) is 18.1 Å². The molecule has 2 saturated heterocycles. The Morgan fingerprint density at radius 3 is 2.80 bits per heavy atom. The number of hydrogen-bond acceptors (Lipinski definition) is 3. The van der Waals surface area contributed by atoms with Gasteiger partial charge in [-0.2, -0.15) is 5.06 Å². The van der Waals surface area contributed by atoms with E-state index in [2.05, 4.69) is 0 Å². The van der Waals surface area contributed by atoms with Crippen LogP contribution in [0.1, 0.15) is 18.4 Å². The second-order valence-corrected chi connectivity index (χ2v) is 5.36. The minimum absolute atomic E-state index is 0.0227. The highest BCUT2D eigenvalue weighted by molar-refractivity contribution is 5.76. The van der Waals surface area contributed by atoms with Crippen LogP contribution < -0.4 is 0 Å². The van der Waals surface area contributed by atoms with Crippen molar-refractivity contribution in [2.75, 3.05) is 20.3 Å². The molecule has 1 aromatic rings. The number of carbonyl (C=O) groups is 1. The van der Waals surface area contributed by atoms with Crippen molar-refractivity contribution in [3.05, 3.63) is 35.9 Å². The summed E-state index contributed by atoms with van der Waals surface area (Å²) in [5, 5.41) is 1.56. The van der Waals surface area contributed by atoms with E-state index in [1.807, 2.05) is 35.2 Å². The highest BCUT2D eigenvalue weighted by atomic mass is 16.7. The topological polar surface area (TPSA) is 42.0 Å². The maximum absolute atomic E-state index is 12.4. The average Bonchev–Trinajstić information content (AvgIpc) is 2.73. The van der Waals surface area contributed by atoms with Crippen LogP contribution in [0, 0.1) is 0 Å². The first-order chi connectivity index (χ1) is 9.79. The molecule has 0 spiro atoms. The molecule has 2 fully saturated rings. The molecule has 108 valence electrons. The fraction of sp³-hybridized carbons (Fsp3) is 0.533. The van der Waals surface area contributed by atoms with Crippen LogP contribution in [0.3, 0.4) is 0 Å². The molecule has 0 aliphatic carbocycles. The molecule has 0 saturated carbocycles. The number of hydroxylamine groups is 2. The molecule has 2 atom stereocenters. The molecule has 0 unspecified atom stereocenters. The number of rotatable bonds is 5. The monoisotopic (exact) mass is 276 g/mol. The molecule has 5 nitrogen and oxygen atoms in total. The van der Waals surface area contributed by atoms with Gasteiger partial charge in [0.15, 0.2) is 0 Å². The lowest BCUT2D eigenvalue weighted by Gasteiger charge is -2.29. The van der Waals surface area contributed by atoms with E-state index in [0.717, 1.165) is 24.9 Å². The van der Waals surface area contributed by atoms with Crippen molar-refractivity contribution in [1.29, 1.82) is 0 Å². The molecule has 2 bridgehead atoms. The summed E-state index contributed by atoms with van der Waals surface area (Å²) in [6.45, 7) is 1.79. The lowest BCUT2D eigenvalue weighted by Crippen LogP contribution is -2.42. The number of carbonyl (C=O) groups excluding carboxylic acids is 1. The predicted molar refractivity (Wildman–Crippen MR) is 73.9 cm³/mol. The number of amides is 2. The summed E-state index contributed by atoms with van der Waals surface area (Å²) in [6, 6.07) is 10.3. The van der Waals surface area contributed by atoms with Gasteiger partial charge in [-0.3, -0.25) is 4.84 Å². The Kier molecular flexibility index (Phi) is 3.89. The normalized spacial score (nSPS) is 25.4. The van der Waals surface area contributed by atoms with Crippen LogP contribution in [0.2, 0.25) is 0 Å². The molecular formula is C15H20N2O3. The minimum Gasteiger partial charge on any atom is -0.383 e. The molecule has 0 radical (unpaired) electrons. The molecule has 5 heteroatoms. The summed E-state index contributed by atoms with van der Waals surface area (Å²) in [5.41, 5.74) is 1.07. The number of benzene rings is 1. The predicted octanol–water partition coefficient (Wildman–Crippen LogP) is 2.03. The number of piperidine rings is 1. The van der Waals surface area contributed by atoms with Gasteiger partial charge >= 0.3 is 6.03 Å². The molecule has 2 amide bonds. The van der Waals surface area contributed by atoms with Crippen molar-refractivity contribution in [3.63, 3.8) is 0 Å². The number of fused-ring (bicyclic) bond motifs is 2. The van der Waals surface area contributed by atoms with Gasteiger partial charge in [-0.25, -0.2) is 4.79 Å². The third-order valence-corrected chi connectivity index (χ3v) is 4.02. The second kappa shape index (κ2) is 5.81. The summed E-state index contributed by atoms with van der Waals surface area (Å²) in [5.74, 6) is 0. The van der Waals surface area contributed by atoms with E-state index in [1.165, 1.54) is 0 Å². The first-order valence-corrected chi connectivity index (χ1v) is 7.05. The third-order valence-electron chi connectivity index (χ3n) is 4.02. The van der Waals surface area contributed by atoms with E-state index in [1.54, 1.807) is 12.2 Å². The molecule has 2 aliphatic rings. The zero-order chi connectivity index (χ0) is 13.9. The molecule has 2 aliphatic heterocycles. The lowest BCUT2D eigenvalue weighted by atomic mass is 10.0. The first kappa shape index (κ1) is 13.4. The highest BCUT2D eigenvalue weighted by Gasteiger charge is 2.45. The number of urea groups is 1. The highest BCUT2D eigenvalue weighted by Crippen LogP contribution is 2.30. The standard InChI is InChI=1S/C15H20N2O3/c1-19-11-14-8-7-13-9-16(14)15(18)17(13)20-10-12-5-3-2-4-6-12/h2-6,13-14H,7-11H2,1H3/t13-,14+/m1/s1. The zero-order valence-electron chi connectivity index (χ0n) is 11.7. The van der Waals surface area contributed by atoms with Gasteiger partial charge in [-0.05, 0) is 18.4 Å². The summed E-state index contributed by atoms with van der Waals surface area (Å²) >= 11 is 0. The summed E-state index contributed by atoms with van der Waals surface area (Å²) < 4.78 is 5.19. The quantitative estimate of drug-likeness (QED) is 0.826. The van der Waals surface area contributed by atoms with Crippen molar-refractivity contribution < 1.29 is 14.4 Å². The van der Waals surface area contributed by atoms with E-state index >= 15 is 0 Å². The molecule has 1 aromatic carbocycles. The fourth-order valence-electron chi connectivity index (χ4n) is 2.96. The van der Waals surface area contributed by atoms with Crippen molar-refractivity contribution in [2.24, 2.45) is 0 Å². The van der Waals surface area contributed by atoms with Crippen LogP contribution in [0.25, 0.3) is 0 Å². The molecule has 3 rings (SSSR count). The van der Waals surface area contributed by atoms with E-state index in [9.17, 15) is 4.79 Å². The number of methoxy groups -OCH3 is 1.